The molecule has 11 nitrogen and oxygen atoms in total. The zero-order valence-electron chi connectivity index (χ0n) is 22.7. The lowest BCUT2D eigenvalue weighted by atomic mass is 9.96. The normalized spacial score (nSPS) is 18.1. The molecule has 0 atom stereocenters. The van der Waals surface area contributed by atoms with Crippen LogP contribution in [0, 0.1) is 0 Å². The zero-order valence-corrected chi connectivity index (χ0v) is 23.4. The van der Waals surface area contributed by atoms with E-state index in [1.165, 1.54) is 13.3 Å². The number of carbonyl (C=O) groups is 2. The second-order valence-corrected chi connectivity index (χ2v) is 11.1. The largest absolute Gasteiger partial charge is 0.382 e. The summed E-state index contributed by atoms with van der Waals surface area (Å²) in [6, 6.07) is 9.78. The Morgan fingerprint density at radius 2 is 1.88 bits per heavy atom. The number of rotatable bonds is 4. The fourth-order valence-corrected chi connectivity index (χ4v) is 6.12. The Morgan fingerprint density at radius 1 is 1.10 bits per heavy atom. The summed E-state index contributed by atoms with van der Waals surface area (Å²) in [6.07, 6.45) is 4.97. The first-order chi connectivity index (χ1) is 19.2. The van der Waals surface area contributed by atoms with E-state index in [4.69, 9.17) is 22.1 Å². The molecule has 12 heteroatoms. The lowest BCUT2D eigenvalue weighted by Crippen LogP contribution is -2.64. The number of fused-ring (bicyclic) bond motifs is 1. The van der Waals surface area contributed by atoms with E-state index in [0.717, 1.165) is 35.4 Å². The minimum Gasteiger partial charge on any atom is -0.382 e. The highest BCUT2D eigenvalue weighted by Crippen LogP contribution is 2.39. The number of amides is 2. The molecule has 0 aliphatic carbocycles. The van der Waals surface area contributed by atoms with E-state index in [9.17, 15) is 9.59 Å². The Bertz CT molecular complexity index is 1620. The number of nitrogens with zero attached hydrogens (tertiary/aromatic N) is 7. The number of benzene rings is 1. The summed E-state index contributed by atoms with van der Waals surface area (Å²) >= 11 is 6.66. The van der Waals surface area contributed by atoms with Gasteiger partial charge in [-0.15, -0.1) is 0 Å². The number of carbonyl (C=O) groups excluding carboxylic acids is 2. The van der Waals surface area contributed by atoms with Crippen molar-refractivity contribution in [1.82, 2.24) is 29.3 Å². The standard InChI is InChI=1S/C28H31ClN8O3/c1-17(38)35-11-10-34(27(39)28(35,2)3)24-14-18(4-5-21(24)29)23-15-20(25-26(30)31-16-33-37(23)25)22-6-9-32-36(22)19-7-12-40-13-8-19/h4-6,9,14-16,19H,7-8,10-13H2,1-3H3,(H2,30,31,33). The number of nitrogens with two attached hydrogens (primary N) is 1. The van der Waals surface area contributed by atoms with E-state index in [1.807, 2.05) is 28.9 Å². The Kier molecular flexibility index (Phi) is 6.50. The molecule has 208 valence electrons. The molecule has 40 heavy (non-hydrogen) atoms. The van der Waals surface area contributed by atoms with Crippen molar-refractivity contribution in [3.8, 4) is 22.5 Å². The maximum atomic E-state index is 13.6. The number of halogens is 1. The van der Waals surface area contributed by atoms with Crippen molar-refractivity contribution in [1.29, 1.82) is 0 Å². The van der Waals surface area contributed by atoms with E-state index in [2.05, 4.69) is 15.2 Å². The lowest BCUT2D eigenvalue weighted by Gasteiger charge is -2.45. The maximum absolute atomic E-state index is 13.6. The number of hydrogen-bond acceptors (Lipinski definition) is 7. The van der Waals surface area contributed by atoms with E-state index in [-0.39, 0.29) is 17.9 Å². The fourth-order valence-electron chi connectivity index (χ4n) is 5.90. The maximum Gasteiger partial charge on any atom is 0.252 e. The molecule has 6 rings (SSSR count). The van der Waals surface area contributed by atoms with Gasteiger partial charge in [0.2, 0.25) is 5.91 Å². The topological polar surface area (TPSA) is 124 Å². The first-order valence-corrected chi connectivity index (χ1v) is 13.7. The molecule has 1 aromatic carbocycles. The summed E-state index contributed by atoms with van der Waals surface area (Å²) in [5.74, 6) is 0.0189. The van der Waals surface area contributed by atoms with Crippen LogP contribution in [0.2, 0.25) is 5.02 Å². The van der Waals surface area contributed by atoms with Gasteiger partial charge in [-0.3, -0.25) is 14.3 Å². The first kappa shape index (κ1) is 26.3. The van der Waals surface area contributed by atoms with Crippen molar-refractivity contribution in [2.75, 3.05) is 36.9 Å². The van der Waals surface area contributed by atoms with Crippen molar-refractivity contribution in [2.24, 2.45) is 0 Å². The number of nitrogen functional groups attached to an aromatic ring is 1. The smallest absolute Gasteiger partial charge is 0.252 e. The fraction of sp³-hybridized carbons (Fsp3) is 0.393. The summed E-state index contributed by atoms with van der Waals surface area (Å²) in [4.78, 5) is 33.3. The predicted octanol–water partition coefficient (Wildman–Crippen LogP) is 3.82. The molecule has 3 aromatic heterocycles. The van der Waals surface area contributed by atoms with Gasteiger partial charge in [-0.1, -0.05) is 17.7 Å². The molecule has 4 aromatic rings. The minimum atomic E-state index is -0.997. The summed E-state index contributed by atoms with van der Waals surface area (Å²) in [5, 5.41) is 9.63. The van der Waals surface area contributed by atoms with Crippen LogP contribution in [-0.2, 0) is 14.3 Å². The highest BCUT2D eigenvalue weighted by atomic mass is 35.5. The minimum absolute atomic E-state index is 0.137. The molecule has 0 radical (unpaired) electrons. The SMILES string of the molecule is CC(=O)N1CCN(c2cc(-c3cc(-c4ccnn4C4CCOCC4)c4c(N)ncnn34)ccc2Cl)C(=O)C1(C)C. The highest BCUT2D eigenvalue weighted by Gasteiger charge is 2.44. The summed E-state index contributed by atoms with van der Waals surface area (Å²) < 4.78 is 9.37. The van der Waals surface area contributed by atoms with E-state index >= 15 is 0 Å². The zero-order chi connectivity index (χ0) is 28.2. The molecule has 2 saturated heterocycles. The Morgan fingerprint density at radius 3 is 2.62 bits per heavy atom. The van der Waals surface area contributed by atoms with Crippen molar-refractivity contribution in [2.45, 2.75) is 45.2 Å². The van der Waals surface area contributed by atoms with Gasteiger partial charge < -0.3 is 20.3 Å². The second kappa shape index (κ2) is 9.90. The van der Waals surface area contributed by atoms with Crippen LogP contribution < -0.4 is 10.6 Å². The third-order valence-corrected chi connectivity index (χ3v) is 8.29. The highest BCUT2D eigenvalue weighted by molar-refractivity contribution is 6.34. The van der Waals surface area contributed by atoms with Crippen molar-refractivity contribution in [3.05, 3.63) is 47.9 Å². The molecular formula is C28H31ClN8O3. The molecular weight excluding hydrogens is 532 g/mol. The molecule has 2 aliphatic heterocycles. The van der Waals surface area contributed by atoms with Gasteiger partial charge in [-0.25, -0.2) is 9.50 Å². The average molecular weight is 563 g/mol. The third-order valence-electron chi connectivity index (χ3n) is 7.97. The van der Waals surface area contributed by atoms with Gasteiger partial charge in [0.05, 0.1) is 28.1 Å². The van der Waals surface area contributed by atoms with Crippen molar-refractivity contribution >= 4 is 40.4 Å². The summed E-state index contributed by atoms with van der Waals surface area (Å²) in [7, 11) is 0. The number of anilines is 2. The number of hydrogen-bond donors (Lipinski definition) is 1. The number of aromatic nitrogens is 5. The molecule has 0 bridgehead atoms. The second-order valence-electron chi connectivity index (χ2n) is 10.7. The number of piperazine rings is 1. The third kappa shape index (κ3) is 4.20. The monoisotopic (exact) mass is 562 g/mol. The van der Waals surface area contributed by atoms with E-state index in [1.54, 1.807) is 40.4 Å². The molecule has 2 N–H and O–H groups in total. The van der Waals surface area contributed by atoms with Gasteiger partial charge in [-0.2, -0.15) is 10.2 Å². The van der Waals surface area contributed by atoms with E-state index in [0.29, 0.717) is 48.3 Å². The molecule has 2 fully saturated rings. The van der Waals surface area contributed by atoms with E-state index < -0.39 is 5.54 Å². The first-order valence-electron chi connectivity index (χ1n) is 13.3. The van der Waals surface area contributed by atoms with Crippen LogP contribution in [0.25, 0.3) is 28.0 Å². The average Bonchev–Trinajstić information content (AvgIpc) is 3.57. The van der Waals surface area contributed by atoms with Crippen molar-refractivity contribution < 1.29 is 14.3 Å². The summed E-state index contributed by atoms with van der Waals surface area (Å²) in [5.41, 5.74) is 10.0. The lowest BCUT2D eigenvalue weighted by molar-refractivity contribution is -0.145. The molecule has 0 unspecified atom stereocenters. The van der Waals surface area contributed by atoms with Crippen LogP contribution in [0.1, 0.15) is 39.7 Å². The molecule has 2 aliphatic rings. The molecule has 0 saturated carbocycles. The van der Waals surface area contributed by atoms with Crippen LogP contribution >= 0.6 is 11.6 Å². The molecule has 0 spiro atoms. The van der Waals surface area contributed by atoms with Crippen LogP contribution in [-0.4, -0.2) is 72.9 Å². The van der Waals surface area contributed by atoms with Gasteiger partial charge in [-0.05, 0) is 51.0 Å². The van der Waals surface area contributed by atoms with Gasteiger partial charge >= 0.3 is 0 Å². The van der Waals surface area contributed by atoms with Gasteiger partial charge in [0.15, 0.2) is 5.82 Å². The molecule has 5 heterocycles. The summed E-state index contributed by atoms with van der Waals surface area (Å²) in [6.45, 7) is 7.14. The van der Waals surface area contributed by atoms with Crippen LogP contribution in [0.15, 0.2) is 42.9 Å². The predicted molar refractivity (Wildman–Crippen MR) is 152 cm³/mol. The van der Waals surface area contributed by atoms with Crippen LogP contribution in [0.3, 0.4) is 0 Å². The van der Waals surface area contributed by atoms with Crippen LogP contribution in [0.5, 0.6) is 0 Å². The quantitative estimate of drug-likeness (QED) is 0.401. The number of ether oxygens (including phenoxy) is 1. The molecule has 2 amide bonds. The van der Waals surface area contributed by atoms with Gasteiger partial charge in [0, 0.05) is 50.6 Å². The van der Waals surface area contributed by atoms with Crippen LogP contribution in [0.4, 0.5) is 11.5 Å². The van der Waals surface area contributed by atoms with Crippen molar-refractivity contribution in [3.63, 3.8) is 0 Å². The Labute approximate surface area is 236 Å². The Balaban J connectivity index is 1.46. The Hall–Kier alpha value is -3.96. The van der Waals surface area contributed by atoms with Gasteiger partial charge in [0.1, 0.15) is 17.4 Å². The van der Waals surface area contributed by atoms with Gasteiger partial charge in [0.25, 0.3) is 5.91 Å².